The summed E-state index contributed by atoms with van der Waals surface area (Å²) in [6.07, 6.45) is -0.942. The number of hydrogen-bond donors (Lipinski definition) is 3. The monoisotopic (exact) mass is 396 g/mol. The lowest BCUT2D eigenvalue weighted by molar-refractivity contribution is -0.136. The minimum absolute atomic E-state index is 0.0944. The predicted octanol–water partition coefficient (Wildman–Crippen LogP) is 0.840. The Morgan fingerprint density at radius 1 is 1.22 bits per heavy atom. The fraction of sp³-hybridized carbons (Fsp3) is 0.471. The molecule has 146 valence electrons. The molecular weight excluding hydrogens is 376 g/mol. The summed E-state index contributed by atoms with van der Waals surface area (Å²) in [5.41, 5.74) is 0.400. The summed E-state index contributed by atoms with van der Waals surface area (Å²) in [5, 5.41) is 15.5. The SMILES string of the molecule is CC(=O)Nc1cc(Cl)ccc1OCC(=O)N1CC2CN(C(=O)O)CC(C1)N2. The van der Waals surface area contributed by atoms with Gasteiger partial charge in [-0.2, -0.15) is 0 Å². The minimum Gasteiger partial charge on any atom is -0.482 e. The van der Waals surface area contributed by atoms with Crippen LogP contribution in [0.25, 0.3) is 0 Å². The van der Waals surface area contributed by atoms with E-state index in [-0.39, 0.29) is 30.5 Å². The third-order valence-electron chi connectivity index (χ3n) is 4.46. The smallest absolute Gasteiger partial charge is 0.407 e. The van der Waals surface area contributed by atoms with Gasteiger partial charge in [-0.25, -0.2) is 4.79 Å². The molecule has 1 aromatic carbocycles. The van der Waals surface area contributed by atoms with Crippen LogP contribution in [0, 0.1) is 0 Å². The molecule has 0 radical (unpaired) electrons. The van der Waals surface area contributed by atoms with Gasteiger partial charge in [0.1, 0.15) is 5.75 Å². The number of anilines is 1. The Morgan fingerprint density at radius 2 is 1.85 bits per heavy atom. The number of nitrogens with zero attached hydrogens (tertiary/aromatic N) is 2. The Morgan fingerprint density at radius 3 is 2.44 bits per heavy atom. The van der Waals surface area contributed by atoms with Crippen LogP contribution in [0.15, 0.2) is 18.2 Å². The molecule has 27 heavy (non-hydrogen) atoms. The normalized spacial score (nSPS) is 21.6. The minimum atomic E-state index is -0.942. The van der Waals surface area contributed by atoms with Crippen molar-refractivity contribution in [1.29, 1.82) is 0 Å². The summed E-state index contributed by atoms with van der Waals surface area (Å²) in [6, 6.07) is 4.57. The molecule has 2 aliphatic rings. The number of amides is 3. The zero-order valence-corrected chi connectivity index (χ0v) is 15.5. The number of ether oxygens (including phenoxy) is 1. The van der Waals surface area contributed by atoms with Crippen molar-refractivity contribution < 1.29 is 24.2 Å². The molecule has 2 bridgehead atoms. The van der Waals surface area contributed by atoms with Crippen LogP contribution in [0.1, 0.15) is 6.92 Å². The maximum atomic E-state index is 12.5. The number of fused-ring (bicyclic) bond motifs is 2. The van der Waals surface area contributed by atoms with Gasteiger partial charge in [0.15, 0.2) is 6.61 Å². The molecule has 2 fully saturated rings. The van der Waals surface area contributed by atoms with Crippen LogP contribution in [-0.2, 0) is 9.59 Å². The molecule has 0 aliphatic carbocycles. The van der Waals surface area contributed by atoms with Crippen molar-refractivity contribution in [2.24, 2.45) is 0 Å². The number of benzene rings is 1. The molecule has 0 spiro atoms. The van der Waals surface area contributed by atoms with E-state index in [2.05, 4.69) is 10.6 Å². The first-order chi connectivity index (χ1) is 12.8. The first-order valence-electron chi connectivity index (χ1n) is 8.53. The third-order valence-corrected chi connectivity index (χ3v) is 4.70. The van der Waals surface area contributed by atoms with Crippen molar-refractivity contribution in [1.82, 2.24) is 15.1 Å². The van der Waals surface area contributed by atoms with Gasteiger partial charge >= 0.3 is 6.09 Å². The standard InChI is InChI=1S/C17H21ClN4O5/c1-10(23)19-14-4-11(18)2-3-15(14)27-9-16(24)21-5-12-7-22(17(25)26)8-13(6-21)20-12/h2-4,12-13,20H,5-9H2,1H3,(H,19,23)(H,25,26). The number of piperazine rings is 2. The Hall–Kier alpha value is -2.52. The maximum absolute atomic E-state index is 12.5. The molecule has 1 aromatic rings. The molecule has 2 heterocycles. The lowest BCUT2D eigenvalue weighted by atomic mass is 10.0. The fourth-order valence-corrected chi connectivity index (χ4v) is 3.55. The van der Waals surface area contributed by atoms with E-state index in [1.165, 1.54) is 11.8 Å². The van der Waals surface area contributed by atoms with Crippen molar-refractivity contribution in [3.8, 4) is 5.75 Å². The number of nitrogens with one attached hydrogen (secondary N) is 2. The van der Waals surface area contributed by atoms with Gasteiger partial charge < -0.3 is 30.3 Å². The lowest BCUT2D eigenvalue weighted by Crippen LogP contribution is -2.68. The molecule has 2 aliphatic heterocycles. The summed E-state index contributed by atoms with van der Waals surface area (Å²) in [5.74, 6) is -0.110. The summed E-state index contributed by atoms with van der Waals surface area (Å²) in [6.45, 7) is 2.72. The van der Waals surface area contributed by atoms with E-state index in [1.807, 2.05) is 0 Å². The van der Waals surface area contributed by atoms with Gasteiger partial charge in [-0.05, 0) is 18.2 Å². The Balaban J connectivity index is 1.59. The van der Waals surface area contributed by atoms with Gasteiger partial charge in [0.2, 0.25) is 5.91 Å². The predicted molar refractivity (Wildman–Crippen MR) is 98.1 cm³/mol. The van der Waals surface area contributed by atoms with Gasteiger partial charge in [-0.3, -0.25) is 9.59 Å². The molecule has 0 saturated carbocycles. The lowest BCUT2D eigenvalue weighted by Gasteiger charge is -2.45. The van der Waals surface area contributed by atoms with E-state index in [0.29, 0.717) is 42.6 Å². The van der Waals surface area contributed by atoms with Crippen LogP contribution < -0.4 is 15.4 Å². The fourth-order valence-electron chi connectivity index (χ4n) is 3.38. The second kappa shape index (κ2) is 8.01. The van der Waals surface area contributed by atoms with Crippen LogP contribution in [0.5, 0.6) is 5.75 Å². The number of halogens is 1. The van der Waals surface area contributed by atoms with Crippen molar-refractivity contribution in [2.45, 2.75) is 19.0 Å². The number of carbonyl (C=O) groups is 3. The second-order valence-corrected chi connectivity index (χ2v) is 7.09. The van der Waals surface area contributed by atoms with Crippen LogP contribution in [0.4, 0.5) is 10.5 Å². The highest BCUT2D eigenvalue weighted by atomic mass is 35.5. The second-order valence-electron chi connectivity index (χ2n) is 6.66. The highest BCUT2D eigenvalue weighted by Crippen LogP contribution is 2.28. The van der Waals surface area contributed by atoms with Crippen LogP contribution in [0.2, 0.25) is 5.02 Å². The van der Waals surface area contributed by atoms with E-state index in [4.69, 9.17) is 21.4 Å². The van der Waals surface area contributed by atoms with Gasteiger partial charge in [0, 0.05) is 50.2 Å². The zero-order valence-electron chi connectivity index (χ0n) is 14.8. The molecule has 3 amide bonds. The molecule has 10 heteroatoms. The largest absolute Gasteiger partial charge is 0.482 e. The topological polar surface area (TPSA) is 111 Å². The van der Waals surface area contributed by atoms with Crippen molar-refractivity contribution in [3.05, 3.63) is 23.2 Å². The zero-order chi connectivity index (χ0) is 19.6. The number of carboxylic acid groups (broad SMARTS) is 1. The van der Waals surface area contributed by atoms with Crippen LogP contribution in [0.3, 0.4) is 0 Å². The molecule has 3 N–H and O–H groups in total. The third kappa shape index (κ3) is 4.81. The Labute approximate surface area is 161 Å². The molecular formula is C17H21ClN4O5. The summed E-state index contributed by atoms with van der Waals surface area (Å²) < 4.78 is 5.60. The van der Waals surface area contributed by atoms with E-state index in [0.717, 1.165) is 0 Å². The quantitative estimate of drug-likeness (QED) is 0.695. The average molecular weight is 397 g/mol. The van der Waals surface area contributed by atoms with Gasteiger partial charge in [-0.1, -0.05) is 11.6 Å². The van der Waals surface area contributed by atoms with E-state index in [1.54, 1.807) is 23.1 Å². The molecule has 2 saturated heterocycles. The highest BCUT2D eigenvalue weighted by molar-refractivity contribution is 6.31. The maximum Gasteiger partial charge on any atom is 0.407 e. The van der Waals surface area contributed by atoms with Crippen molar-refractivity contribution in [3.63, 3.8) is 0 Å². The van der Waals surface area contributed by atoms with Crippen LogP contribution in [-0.4, -0.2) is 77.7 Å². The molecule has 2 unspecified atom stereocenters. The van der Waals surface area contributed by atoms with Gasteiger partial charge in [0.05, 0.1) is 5.69 Å². The van der Waals surface area contributed by atoms with Crippen molar-refractivity contribution >= 4 is 35.2 Å². The van der Waals surface area contributed by atoms with Gasteiger partial charge in [-0.15, -0.1) is 0 Å². The van der Waals surface area contributed by atoms with Crippen LogP contribution >= 0.6 is 11.6 Å². The van der Waals surface area contributed by atoms with Gasteiger partial charge in [0.25, 0.3) is 5.91 Å². The Kier molecular flexibility index (Phi) is 5.71. The number of rotatable bonds is 4. The Bertz CT molecular complexity index is 745. The average Bonchev–Trinajstić information content (AvgIpc) is 2.59. The van der Waals surface area contributed by atoms with E-state index < -0.39 is 6.09 Å². The summed E-state index contributed by atoms with van der Waals surface area (Å²) in [4.78, 5) is 38.1. The number of carbonyl (C=O) groups excluding carboxylic acids is 2. The van der Waals surface area contributed by atoms with E-state index >= 15 is 0 Å². The summed E-state index contributed by atoms with van der Waals surface area (Å²) >= 11 is 5.94. The molecule has 2 atom stereocenters. The first-order valence-corrected chi connectivity index (χ1v) is 8.91. The van der Waals surface area contributed by atoms with E-state index in [9.17, 15) is 14.4 Å². The molecule has 9 nitrogen and oxygen atoms in total. The first kappa shape index (κ1) is 19.2. The van der Waals surface area contributed by atoms with Crippen molar-refractivity contribution in [2.75, 3.05) is 38.1 Å². The number of hydrogen-bond acceptors (Lipinski definition) is 5. The summed E-state index contributed by atoms with van der Waals surface area (Å²) in [7, 11) is 0. The molecule has 3 rings (SSSR count). The molecule has 0 aromatic heterocycles. The highest BCUT2D eigenvalue weighted by Gasteiger charge is 2.37.